The summed E-state index contributed by atoms with van der Waals surface area (Å²) in [6.45, 7) is 1.33. The van der Waals surface area contributed by atoms with Gasteiger partial charge < -0.3 is 5.11 Å². The fourth-order valence-corrected chi connectivity index (χ4v) is 3.13. The molecule has 3 rings (SSSR count). The molecule has 0 aliphatic carbocycles. The lowest BCUT2D eigenvalue weighted by molar-refractivity contribution is -0.144. The average Bonchev–Trinajstić information content (AvgIpc) is 2.90. The van der Waals surface area contributed by atoms with Crippen LogP contribution in [0, 0.1) is 0 Å². The number of carboxylic acid groups (broad SMARTS) is 1. The molecule has 2 heterocycles. The molecule has 1 atom stereocenters. The van der Waals surface area contributed by atoms with E-state index in [4.69, 9.17) is 0 Å². The third-order valence-electron chi connectivity index (χ3n) is 3.47. The molecule has 0 spiro atoms. The number of rotatable bonds is 3. The van der Waals surface area contributed by atoms with Crippen LogP contribution in [-0.2, 0) is 24.3 Å². The van der Waals surface area contributed by atoms with Gasteiger partial charge in [0.15, 0.2) is 0 Å². The summed E-state index contributed by atoms with van der Waals surface area (Å²) in [6, 6.07) is 7.63. The minimum Gasteiger partial charge on any atom is -0.480 e. The Morgan fingerprint density at radius 3 is 2.89 bits per heavy atom. The van der Waals surface area contributed by atoms with Crippen molar-refractivity contribution in [3.8, 4) is 0 Å². The zero-order chi connectivity index (χ0) is 13.2. The van der Waals surface area contributed by atoms with Crippen LogP contribution in [0.1, 0.15) is 16.0 Å². The maximum atomic E-state index is 11.4. The van der Waals surface area contributed by atoms with Crippen molar-refractivity contribution in [2.24, 2.45) is 0 Å². The van der Waals surface area contributed by atoms with Crippen molar-refractivity contribution in [1.29, 1.82) is 0 Å². The lowest BCUT2D eigenvalue weighted by Gasteiger charge is -2.33. The van der Waals surface area contributed by atoms with Crippen LogP contribution in [0.2, 0.25) is 0 Å². The minimum absolute atomic E-state index is 0.447. The molecule has 1 aliphatic heterocycles. The van der Waals surface area contributed by atoms with Crippen LogP contribution in [0.5, 0.6) is 0 Å². The lowest BCUT2D eigenvalue weighted by atomic mass is 9.94. The molecule has 0 amide bonds. The van der Waals surface area contributed by atoms with E-state index < -0.39 is 12.0 Å². The predicted octanol–water partition coefficient (Wildman–Crippen LogP) is 2.15. The van der Waals surface area contributed by atoms with Gasteiger partial charge in [0.1, 0.15) is 6.04 Å². The molecule has 1 aromatic carbocycles. The molecule has 2 aromatic rings. The molecular weight excluding hydrogens is 260 g/mol. The summed E-state index contributed by atoms with van der Waals surface area (Å²) in [5.41, 5.74) is 4.16. The number of hydrogen-bond donors (Lipinski definition) is 1. The number of hydrogen-bond acceptors (Lipinski definition) is 4. The monoisotopic (exact) mass is 274 g/mol. The van der Waals surface area contributed by atoms with Crippen molar-refractivity contribution >= 4 is 17.3 Å². The highest BCUT2D eigenvalue weighted by Crippen LogP contribution is 2.25. The van der Waals surface area contributed by atoms with Crippen molar-refractivity contribution in [3.05, 3.63) is 52.0 Å². The van der Waals surface area contributed by atoms with E-state index in [0.717, 1.165) is 10.4 Å². The molecule has 98 valence electrons. The van der Waals surface area contributed by atoms with Gasteiger partial charge in [-0.3, -0.25) is 14.7 Å². The maximum Gasteiger partial charge on any atom is 0.321 e. The van der Waals surface area contributed by atoms with Gasteiger partial charge in [-0.1, -0.05) is 24.3 Å². The Bertz CT molecular complexity index is 583. The first kappa shape index (κ1) is 12.3. The van der Waals surface area contributed by atoms with Crippen LogP contribution < -0.4 is 0 Å². The number of fused-ring (bicyclic) bond motifs is 1. The quantitative estimate of drug-likeness (QED) is 0.932. The van der Waals surface area contributed by atoms with E-state index in [1.54, 1.807) is 16.8 Å². The molecule has 1 aromatic heterocycles. The molecule has 1 aliphatic rings. The second-order valence-electron chi connectivity index (χ2n) is 4.70. The van der Waals surface area contributed by atoms with Gasteiger partial charge in [0, 0.05) is 24.2 Å². The van der Waals surface area contributed by atoms with Crippen molar-refractivity contribution in [2.75, 3.05) is 0 Å². The van der Waals surface area contributed by atoms with Crippen LogP contribution in [0.3, 0.4) is 0 Å². The molecule has 5 heteroatoms. The van der Waals surface area contributed by atoms with Gasteiger partial charge in [0.25, 0.3) is 0 Å². The maximum absolute atomic E-state index is 11.4. The largest absolute Gasteiger partial charge is 0.480 e. The molecule has 0 saturated heterocycles. The number of aromatic nitrogens is 1. The SMILES string of the molecule is O=C(O)C1Cc2ccccc2CN1Cc1cncs1. The van der Waals surface area contributed by atoms with E-state index in [2.05, 4.69) is 11.1 Å². The number of aliphatic carboxylic acids is 1. The Balaban J connectivity index is 1.87. The Labute approximate surface area is 115 Å². The minimum atomic E-state index is -0.751. The lowest BCUT2D eigenvalue weighted by Crippen LogP contribution is -2.44. The molecular formula is C14H14N2O2S. The normalized spacial score (nSPS) is 19.1. The van der Waals surface area contributed by atoms with Crippen LogP contribution in [0.25, 0.3) is 0 Å². The van der Waals surface area contributed by atoms with Crippen molar-refractivity contribution < 1.29 is 9.90 Å². The molecule has 0 saturated carbocycles. The summed E-state index contributed by atoms with van der Waals surface area (Å²) >= 11 is 1.57. The van der Waals surface area contributed by atoms with Gasteiger partial charge in [0.2, 0.25) is 0 Å². The molecule has 0 bridgehead atoms. The first-order chi connectivity index (χ1) is 9.24. The van der Waals surface area contributed by atoms with E-state index in [1.807, 2.05) is 29.3 Å². The summed E-state index contributed by atoms with van der Waals surface area (Å²) < 4.78 is 0. The average molecular weight is 274 g/mol. The summed E-state index contributed by atoms with van der Waals surface area (Å²) in [7, 11) is 0. The van der Waals surface area contributed by atoms with Gasteiger partial charge in [-0.25, -0.2) is 0 Å². The Morgan fingerprint density at radius 1 is 1.42 bits per heavy atom. The Morgan fingerprint density at radius 2 is 2.21 bits per heavy atom. The van der Waals surface area contributed by atoms with Crippen LogP contribution in [0.4, 0.5) is 0 Å². The number of benzene rings is 1. The molecule has 19 heavy (non-hydrogen) atoms. The van der Waals surface area contributed by atoms with Crippen molar-refractivity contribution in [1.82, 2.24) is 9.88 Å². The van der Waals surface area contributed by atoms with E-state index >= 15 is 0 Å². The number of carbonyl (C=O) groups is 1. The second kappa shape index (κ2) is 5.11. The predicted molar refractivity (Wildman–Crippen MR) is 72.9 cm³/mol. The number of thiazole rings is 1. The fraction of sp³-hybridized carbons (Fsp3) is 0.286. The fourth-order valence-electron chi connectivity index (χ4n) is 2.51. The highest BCUT2D eigenvalue weighted by molar-refractivity contribution is 7.09. The van der Waals surface area contributed by atoms with Crippen molar-refractivity contribution in [2.45, 2.75) is 25.6 Å². The summed E-state index contributed by atoms with van der Waals surface area (Å²) in [5, 5.41) is 9.41. The topological polar surface area (TPSA) is 53.4 Å². The molecule has 1 unspecified atom stereocenters. The molecule has 4 nitrogen and oxygen atoms in total. The second-order valence-corrected chi connectivity index (χ2v) is 5.67. The van der Waals surface area contributed by atoms with Crippen molar-refractivity contribution in [3.63, 3.8) is 0 Å². The molecule has 1 N–H and O–H groups in total. The highest BCUT2D eigenvalue weighted by Gasteiger charge is 2.31. The van der Waals surface area contributed by atoms with E-state index in [9.17, 15) is 9.90 Å². The first-order valence-corrected chi connectivity index (χ1v) is 7.03. The third kappa shape index (κ3) is 2.52. The van der Waals surface area contributed by atoms with Crippen LogP contribution in [-0.4, -0.2) is 27.0 Å². The number of nitrogens with zero attached hydrogens (tertiary/aromatic N) is 2. The highest BCUT2D eigenvalue weighted by atomic mass is 32.1. The molecule has 0 radical (unpaired) electrons. The molecule has 0 fully saturated rings. The summed E-state index contributed by atoms with van der Waals surface area (Å²) in [6.07, 6.45) is 2.38. The van der Waals surface area contributed by atoms with Gasteiger partial charge in [-0.15, -0.1) is 11.3 Å². The van der Waals surface area contributed by atoms with Gasteiger partial charge >= 0.3 is 5.97 Å². The van der Waals surface area contributed by atoms with Gasteiger partial charge in [-0.05, 0) is 17.5 Å². The van der Waals surface area contributed by atoms with E-state index in [-0.39, 0.29) is 0 Å². The zero-order valence-corrected chi connectivity index (χ0v) is 11.1. The van der Waals surface area contributed by atoms with Crippen LogP contribution >= 0.6 is 11.3 Å². The van der Waals surface area contributed by atoms with Gasteiger partial charge in [-0.2, -0.15) is 0 Å². The summed E-state index contributed by atoms with van der Waals surface area (Å²) in [4.78, 5) is 18.6. The smallest absolute Gasteiger partial charge is 0.321 e. The van der Waals surface area contributed by atoms with Crippen LogP contribution in [0.15, 0.2) is 36.0 Å². The summed E-state index contributed by atoms with van der Waals surface area (Å²) in [5.74, 6) is -0.751. The Kier molecular flexibility index (Phi) is 3.31. The first-order valence-electron chi connectivity index (χ1n) is 6.15. The van der Waals surface area contributed by atoms with Gasteiger partial charge in [0.05, 0.1) is 5.51 Å². The Hall–Kier alpha value is -1.72. The van der Waals surface area contributed by atoms with E-state index in [0.29, 0.717) is 19.5 Å². The zero-order valence-electron chi connectivity index (χ0n) is 10.3. The van der Waals surface area contributed by atoms with E-state index in [1.165, 1.54) is 5.56 Å². The number of carboxylic acids is 1. The third-order valence-corrected chi connectivity index (χ3v) is 4.24. The standard InChI is InChI=1S/C14H14N2O2S/c17-14(18)13-5-10-3-1-2-4-11(10)7-16(13)8-12-6-15-9-19-12/h1-4,6,9,13H,5,7-8H2,(H,17,18).